The molecule has 0 bridgehead atoms. The zero-order valence-corrected chi connectivity index (χ0v) is 12.5. The van der Waals surface area contributed by atoms with Crippen LogP contribution in [0.2, 0.25) is 0 Å². The molecule has 1 N–H and O–H groups in total. The van der Waals surface area contributed by atoms with E-state index in [1.807, 2.05) is 29.2 Å². The van der Waals surface area contributed by atoms with Crippen LogP contribution < -0.4 is 0 Å². The van der Waals surface area contributed by atoms with Crippen molar-refractivity contribution in [1.82, 2.24) is 4.90 Å². The lowest BCUT2D eigenvalue weighted by atomic mass is 9.91. The average molecular weight is 289 g/mol. The number of carboxylic acids is 1. The number of piperidine rings is 1. The average Bonchev–Trinajstić information content (AvgIpc) is 2.52. The SMILES string of the molecule is CCc1ccccc1C(=O)N1CCC(CCC(=O)O)CC1. The second-order valence-corrected chi connectivity index (χ2v) is 5.68. The molecule has 1 fully saturated rings. The van der Waals surface area contributed by atoms with Gasteiger partial charge in [-0.05, 0) is 43.2 Å². The van der Waals surface area contributed by atoms with Gasteiger partial charge in [0.1, 0.15) is 0 Å². The number of likely N-dealkylation sites (tertiary alicyclic amines) is 1. The van der Waals surface area contributed by atoms with Crippen LogP contribution in [0.4, 0.5) is 0 Å². The molecule has 0 aliphatic carbocycles. The van der Waals surface area contributed by atoms with Crippen LogP contribution >= 0.6 is 0 Å². The molecular weight excluding hydrogens is 266 g/mol. The van der Waals surface area contributed by atoms with Crippen molar-refractivity contribution in [3.05, 3.63) is 35.4 Å². The van der Waals surface area contributed by atoms with Crippen molar-refractivity contribution in [3.8, 4) is 0 Å². The monoisotopic (exact) mass is 289 g/mol. The third-order valence-corrected chi connectivity index (χ3v) is 4.30. The van der Waals surface area contributed by atoms with Gasteiger partial charge in [0.05, 0.1) is 0 Å². The molecule has 1 aliphatic heterocycles. The minimum atomic E-state index is -0.731. The Morgan fingerprint density at radius 3 is 2.52 bits per heavy atom. The van der Waals surface area contributed by atoms with E-state index < -0.39 is 5.97 Å². The van der Waals surface area contributed by atoms with Crippen molar-refractivity contribution in [2.75, 3.05) is 13.1 Å². The van der Waals surface area contributed by atoms with Gasteiger partial charge in [-0.1, -0.05) is 25.1 Å². The molecule has 1 aromatic carbocycles. The van der Waals surface area contributed by atoms with E-state index in [-0.39, 0.29) is 12.3 Å². The van der Waals surface area contributed by atoms with Crippen LogP contribution in [0, 0.1) is 5.92 Å². The highest BCUT2D eigenvalue weighted by Crippen LogP contribution is 2.23. The van der Waals surface area contributed by atoms with Gasteiger partial charge in [0, 0.05) is 25.1 Å². The Hall–Kier alpha value is -1.84. The lowest BCUT2D eigenvalue weighted by molar-refractivity contribution is -0.137. The summed E-state index contributed by atoms with van der Waals surface area (Å²) in [5, 5.41) is 8.73. The third-order valence-electron chi connectivity index (χ3n) is 4.30. The van der Waals surface area contributed by atoms with Gasteiger partial charge >= 0.3 is 5.97 Å². The smallest absolute Gasteiger partial charge is 0.303 e. The Balaban J connectivity index is 1.92. The van der Waals surface area contributed by atoms with E-state index in [4.69, 9.17) is 5.11 Å². The number of amides is 1. The Bertz CT molecular complexity index is 505. The standard InChI is InChI=1S/C17H23NO3/c1-2-14-5-3-4-6-15(14)17(21)18-11-9-13(10-12-18)7-8-16(19)20/h3-6,13H,2,7-12H2,1H3,(H,19,20). The highest BCUT2D eigenvalue weighted by Gasteiger charge is 2.24. The molecule has 0 spiro atoms. The first-order chi connectivity index (χ1) is 10.1. The minimum Gasteiger partial charge on any atom is -0.481 e. The maximum atomic E-state index is 12.6. The van der Waals surface area contributed by atoms with Crippen LogP contribution in [-0.2, 0) is 11.2 Å². The molecule has 0 atom stereocenters. The van der Waals surface area contributed by atoms with Crippen molar-refractivity contribution >= 4 is 11.9 Å². The van der Waals surface area contributed by atoms with E-state index in [0.29, 0.717) is 5.92 Å². The summed E-state index contributed by atoms with van der Waals surface area (Å²) in [7, 11) is 0. The number of carboxylic acid groups (broad SMARTS) is 1. The molecular formula is C17H23NO3. The number of carbonyl (C=O) groups excluding carboxylic acids is 1. The summed E-state index contributed by atoms with van der Waals surface area (Å²) >= 11 is 0. The van der Waals surface area contributed by atoms with Gasteiger partial charge in [0.15, 0.2) is 0 Å². The van der Waals surface area contributed by atoms with E-state index >= 15 is 0 Å². The fraction of sp³-hybridized carbons (Fsp3) is 0.529. The number of aryl methyl sites for hydroxylation is 1. The van der Waals surface area contributed by atoms with Crippen molar-refractivity contribution in [2.24, 2.45) is 5.92 Å². The number of nitrogens with zero attached hydrogens (tertiary/aromatic N) is 1. The number of benzene rings is 1. The van der Waals surface area contributed by atoms with Gasteiger partial charge in [-0.15, -0.1) is 0 Å². The van der Waals surface area contributed by atoms with Crippen molar-refractivity contribution in [1.29, 1.82) is 0 Å². The molecule has 4 nitrogen and oxygen atoms in total. The van der Waals surface area contributed by atoms with Gasteiger partial charge in [0.2, 0.25) is 0 Å². The van der Waals surface area contributed by atoms with Gasteiger partial charge in [-0.25, -0.2) is 0 Å². The molecule has 1 amide bonds. The summed E-state index contributed by atoms with van der Waals surface area (Å²) in [5.74, 6) is -0.180. The molecule has 114 valence electrons. The predicted molar refractivity (Wildman–Crippen MR) is 81.3 cm³/mol. The molecule has 2 rings (SSSR count). The molecule has 0 unspecified atom stereocenters. The molecule has 1 aliphatic rings. The van der Waals surface area contributed by atoms with Crippen LogP contribution in [0.25, 0.3) is 0 Å². The van der Waals surface area contributed by atoms with E-state index in [9.17, 15) is 9.59 Å². The second kappa shape index (κ2) is 7.25. The molecule has 1 saturated heterocycles. The van der Waals surface area contributed by atoms with Crippen LogP contribution in [0.15, 0.2) is 24.3 Å². The Morgan fingerprint density at radius 1 is 1.24 bits per heavy atom. The summed E-state index contributed by atoms with van der Waals surface area (Å²) in [6.07, 6.45) is 3.64. The Morgan fingerprint density at radius 2 is 1.90 bits per heavy atom. The fourth-order valence-corrected chi connectivity index (χ4v) is 2.96. The Labute approximate surface area is 125 Å². The molecule has 4 heteroatoms. The number of hydrogen-bond donors (Lipinski definition) is 1. The van der Waals surface area contributed by atoms with Crippen molar-refractivity contribution < 1.29 is 14.7 Å². The summed E-state index contributed by atoms with van der Waals surface area (Å²) in [6, 6.07) is 7.78. The molecule has 0 radical (unpaired) electrons. The van der Waals surface area contributed by atoms with Gasteiger partial charge in [0.25, 0.3) is 5.91 Å². The molecule has 21 heavy (non-hydrogen) atoms. The summed E-state index contributed by atoms with van der Waals surface area (Å²) in [6.45, 7) is 3.53. The first-order valence-corrected chi connectivity index (χ1v) is 7.70. The summed E-state index contributed by atoms with van der Waals surface area (Å²) in [5.41, 5.74) is 1.90. The first-order valence-electron chi connectivity index (χ1n) is 7.70. The number of aliphatic carboxylic acids is 1. The van der Waals surface area contributed by atoms with E-state index in [0.717, 1.165) is 49.9 Å². The van der Waals surface area contributed by atoms with E-state index in [1.165, 1.54) is 0 Å². The van der Waals surface area contributed by atoms with Crippen molar-refractivity contribution in [2.45, 2.75) is 39.0 Å². The predicted octanol–water partition coefficient (Wildman–Crippen LogP) is 2.97. The number of carbonyl (C=O) groups is 2. The summed E-state index contributed by atoms with van der Waals surface area (Å²) < 4.78 is 0. The molecule has 0 saturated carbocycles. The fourth-order valence-electron chi connectivity index (χ4n) is 2.96. The van der Waals surface area contributed by atoms with Crippen LogP contribution in [-0.4, -0.2) is 35.0 Å². The van der Waals surface area contributed by atoms with Crippen molar-refractivity contribution in [3.63, 3.8) is 0 Å². The maximum absolute atomic E-state index is 12.6. The first kappa shape index (κ1) is 15.5. The second-order valence-electron chi connectivity index (χ2n) is 5.68. The highest BCUT2D eigenvalue weighted by atomic mass is 16.4. The van der Waals surface area contributed by atoms with E-state index in [1.54, 1.807) is 0 Å². The number of rotatable bonds is 5. The molecule has 1 heterocycles. The van der Waals surface area contributed by atoms with E-state index in [2.05, 4.69) is 6.92 Å². The topological polar surface area (TPSA) is 57.6 Å². The van der Waals surface area contributed by atoms with Crippen LogP contribution in [0.3, 0.4) is 0 Å². The number of hydrogen-bond acceptors (Lipinski definition) is 2. The van der Waals surface area contributed by atoms with Crippen LogP contribution in [0.1, 0.15) is 48.5 Å². The zero-order chi connectivity index (χ0) is 15.2. The van der Waals surface area contributed by atoms with Gasteiger partial charge in [-0.2, -0.15) is 0 Å². The maximum Gasteiger partial charge on any atom is 0.303 e. The lowest BCUT2D eigenvalue weighted by Gasteiger charge is -2.32. The largest absolute Gasteiger partial charge is 0.481 e. The summed E-state index contributed by atoms with van der Waals surface area (Å²) in [4.78, 5) is 25.1. The zero-order valence-electron chi connectivity index (χ0n) is 12.5. The third kappa shape index (κ3) is 4.06. The lowest BCUT2D eigenvalue weighted by Crippen LogP contribution is -2.39. The van der Waals surface area contributed by atoms with Crippen LogP contribution in [0.5, 0.6) is 0 Å². The van der Waals surface area contributed by atoms with Gasteiger partial charge in [-0.3, -0.25) is 9.59 Å². The highest BCUT2D eigenvalue weighted by molar-refractivity contribution is 5.95. The van der Waals surface area contributed by atoms with Gasteiger partial charge < -0.3 is 10.0 Å². The quantitative estimate of drug-likeness (QED) is 0.906. The minimum absolute atomic E-state index is 0.115. The Kier molecular flexibility index (Phi) is 5.37. The normalized spacial score (nSPS) is 16.0. The molecule has 0 aromatic heterocycles. The molecule has 1 aromatic rings.